The van der Waals surface area contributed by atoms with Crippen LogP contribution in [0.4, 0.5) is 0 Å². The van der Waals surface area contributed by atoms with E-state index in [0.717, 1.165) is 45.6 Å². The third-order valence-corrected chi connectivity index (χ3v) is 4.70. The van der Waals surface area contributed by atoms with E-state index in [0.29, 0.717) is 11.9 Å². The van der Waals surface area contributed by atoms with Crippen molar-refractivity contribution in [3.8, 4) is 0 Å². The van der Waals surface area contributed by atoms with Gasteiger partial charge in [-0.1, -0.05) is 6.07 Å². The molecule has 1 unspecified atom stereocenters. The van der Waals surface area contributed by atoms with E-state index in [-0.39, 0.29) is 6.04 Å². The second-order valence-corrected chi connectivity index (χ2v) is 5.97. The van der Waals surface area contributed by atoms with Crippen LogP contribution in [-0.2, 0) is 4.79 Å². The number of rotatable bonds is 3. The monoisotopic (exact) mass is 288 g/mol. The van der Waals surface area contributed by atoms with Crippen molar-refractivity contribution in [1.82, 2.24) is 20.1 Å². The predicted molar refractivity (Wildman–Crippen MR) is 81.8 cm³/mol. The van der Waals surface area contributed by atoms with Gasteiger partial charge in [0.05, 0.1) is 6.04 Å². The van der Waals surface area contributed by atoms with Gasteiger partial charge in [0.1, 0.15) is 0 Å². The van der Waals surface area contributed by atoms with Gasteiger partial charge < -0.3 is 10.2 Å². The van der Waals surface area contributed by atoms with E-state index in [2.05, 4.69) is 28.2 Å². The van der Waals surface area contributed by atoms with Crippen molar-refractivity contribution < 1.29 is 4.79 Å². The highest BCUT2D eigenvalue weighted by atomic mass is 16.2. The van der Waals surface area contributed by atoms with Gasteiger partial charge in [-0.15, -0.1) is 0 Å². The maximum absolute atomic E-state index is 12.4. The molecule has 1 aromatic heterocycles. The minimum absolute atomic E-state index is 0.0623. The summed E-state index contributed by atoms with van der Waals surface area (Å²) in [5, 5.41) is 3.30. The van der Waals surface area contributed by atoms with Gasteiger partial charge in [0.25, 0.3) is 0 Å². The van der Waals surface area contributed by atoms with Gasteiger partial charge in [0.2, 0.25) is 5.91 Å². The molecule has 5 nitrogen and oxygen atoms in total. The van der Waals surface area contributed by atoms with E-state index < -0.39 is 0 Å². The zero-order valence-electron chi connectivity index (χ0n) is 12.7. The zero-order valence-corrected chi connectivity index (χ0v) is 12.7. The highest BCUT2D eigenvalue weighted by molar-refractivity contribution is 5.82. The highest BCUT2D eigenvalue weighted by Gasteiger charge is 2.30. The van der Waals surface area contributed by atoms with Crippen LogP contribution < -0.4 is 5.32 Å². The summed E-state index contributed by atoms with van der Waals surface area (Å²) in [4.78, 5) is 21.0. The third-order valence-electron chi connectivity index (χ3n) is 4.70. The van der Waals surface area contributed by atoms with Gasteiger partial charge in [-0.3, -0.25) is 14.7 Å². The number of carbonyl (C=O) groups excluding carboxylic acids is 1. The van der Waals surface area contributed by atoms with Crippen molar-refractivity contribution in [3.05, 3.63) is 30.1 Å². The van der Waals surface area contributed by atoms with Crippen LogP contribution in [0.2, 0.25) is 0 Å². The maximum atomic E-state index is 12.4. The molecule has 0 aliphatic carbocycles. The number of hydrogen-bond acceptors (Lipinski definition) is 4. The summed E-state index contributed by atoms with van der Waals surface area (Å²) in [5.74, 6) is 0.293. The summed E-state index contributed by atoms with van der Waals surface area (Å²) in [6.07, 6.45) is 5.85. The van der Waals surface area contributed by atoms with Gasteiger partial charge in [-0.2, -0.15) is 0 Å². The summed E-state index contributed by atoms with van der Waals surface area (Å²) in [5.41, 5.74) is 1.25. The van der Waals surface area contributed by atoms with Crippen LogP contribution in [0, 0.1) is 0 Å². The molecule has 3 rings (SSSR count). The van der Waals surface area contributed by atoms with Crippen LogP contribution >= 0.6 is 0 Å². The average Bonchev–Trinajstić information content (AvgIpc) is 3.09. The molecular weight excluding hydrogens is 264 g/mol. The van der Waals surface area contributed by atoms with Crippen LogP contribution in [0.25, 0.3) is 0 Å². The number of carbonyl (C=O) groups is 1. The van der Waals surface area contributed by atoms with Crippen molar-refractivity contribution in [2.24, 2.45) is 0 Å². The molecule has 2 saturated heterocycles. The van der Waals surface area contributed by atoms with Crippen LogP contribution in [0.1, 0.15) is 31.4 Å². The third kappa shape index (κ3) is 3.24. The van der Waals surface area contributed by atoms with Gasteiger partial charge in [-0.25, -0.2) is 0 Å². The maximum Gasteiger partial charge on any atom is 0.239 e. The molecule has 0 bridgehead atoms. The SMILES string of the molecule is CC(c1cccnc1)N1CCN(C(=O)[C@@H]2CCCN2)CC1. The van der Waals surface area contributed by atoms with Gasteiger partial charge in [-0.05, 0) is 37.9 Å². The first-order chi connectivity index (χ1) is 10.3. The molecular formula is C16H24N4O. The van der Waals surface area contributed by atoms with Crippen LogP contribution in [-0.4, -0.2) is 59.5 Å². The Kier molecular flexibility index (Phi) is 4.51. The largest absolute Gasteiger partial charge is 0.339 e. The molecule has 0 saturated carbocycles. The first-order valence-electron chi connectivity index (χ1n) is 7.92. The smallest absolute Gasteiger partial charge is 0.239 e. The van der Waals surface area contributed by atoms with Crippen LogP contribution in [0.15, 0.2) is 24.5 Å². The van der Waals surface area contributed by atoms with E-state index in [4.69, 9.17) is 0 Å². The van der Waals surface area contributed by atoms with E-state index in [1.54, 1.807) is 6.20 Å². The van der Waals surface area contributed by atoms with Gasteiger partial charge in [0, 0.05) is 44.6 Å². The lowest BCUT2D eigenvalue weighted by molar-refractivity contribution is -0.135. The lowest BCUT2D eigenvalue weighted by atomic mass is 10.1. The Balaban J connectivity index is 1.54. The topological polar surface area (TPSA) is 48.5 Å². The Labute approximate surface area is 126 Å². The molecule has 2 atom stereocenters. The van der Waals surface area contributed by atoms with E-state index in [1.807, 2.05) is 17.2 Å². The Morgan fingerprint density at radius 3 is 2.81 bits per heavy atom. The molecule has 5 heteroatoms. The lowest BCUT2D eigenvalue weighted by Crippen LogP contribution is -2.53. The van der Waals surface area contributed by atoms with Crippen molar-refractivity contribution >= 4 is 5.91 Å². The lowest BCUT2D eigenvalue weighted by Gasteiger charge is -2.39. The normalized spacial score (nSPS) is 25.0. The standard InChI is InChI=1S/C16H24N4O/c1-13(14-4-2-6-17-12-14)19-8-10-20(11-9-19)16(21)15-5-3-7-18-15/h2,4,6,12-13,15,18H,3,5,7-11H2,1H3/t13?,15-/m0/s1. The first kappa shape index (κ1) is 14.5. The van der Waals surface area contributed by atoms with Gasteiger partial charge in [0.15, 0.2) is 0 Å². The minimum Gasteiger partial charge on any atom is -0.339 e. The average molecular weight is 288 g/mol. The molecule has 21 heavy (non-hydrogen) atoms. The molecule has 114 valence electrons. The van der Waals surface area contributed by atoms with E-state index in [9.17, 15) is 4.79 Å². The minimum atomic E-state index is 0.0623. The molecule has 0 radical (unpaired) electrons. The first-order valence-corrected chi connectivity index (χ1v) is 7.92. The number of aromatic nitrogens is 1. The van der Waals surface area contributed by atoms with Crippen molar-refractivity contribution in [2.45, 2.75) is 31.8 Å². The fraction of sp³-hybridized carbons (Fsp3) is 0.625. The number of nitrogens with zero attached hydrogens (tertiary/aromatic N) is 3. The van der Waals surface area contributed by atoms with Crippen molar-refractivity contribution in [2.75, 3.05) is 32.7 Å². The number of amides is 1. The van der Waals surface area contributed by atoms with Crippen molar-refractivity contribution in [1.29, 1.82) is 0 Å². The molecule has 3 heterocycles. The number of nitrogens with one attached hydrogen (secondary N) is 1. The summed E-state index contributed by atoms with van der Waals surface area (Å²) < 4.78 is 0. The molecule has 1 aromatic rings. The fourth-order valence-corrected chi connectivity index (χ4v) is 3.28. The number of piperazine rings is 1. The number of pyridine rings is 1. The summed E-state index contributed by atoms with van der Waals surface area (Å²) >= 11 is 0. The van der Waals surface area contributed by atoms with Gasteiger partial charge >= 0.3 is 0 Å². The summed E-state index contributed by atoms with van der Waals surface area (Å²) in [7, 11) is 0. The second kappa shape index (κ2) is 6.54. The van der Waals surface area contributed by atoms with E-state index in [1.165, 1.54) is 5.56 Å². The zero-order chi connectivity index (χ0) is 14.7. The predicted octanol–water partition coefficient (Wildman–Crippen LogP) is 1.04. The molecule has 1 N–H and O–H groups in total. The molecule has 2 aliphatic heterocycles. The Morgan fingerprint density at radius 1 is 1.38 bits per heavy atom. The summed E-state index contributed by atoms with van der Waals surface area (Å²) in [6, 6.07) is 4.53. The molecule has 1 amide bonds. The van der Waals surface area contributed by atoms with Crippen molar-refractivity contribution in [3.63, 3.8) is 0 Å². The molecule has 2 aliphatic rings. The second-order valence-electron chi connectivity index (χ2n) is 5.97. The van der Waals surface area contributed by atoms with Crippen LogP contribution in [0.5, 0.6) is 0 Å². The van der Waals surface area contributed by atoms with Crippen LogP contribution in [0.3, 0.4) is 0 Å². The summed E-state index contributed by atoms with van der Waals surface area (Å²) in [6.45, 7) is 6.74. The van der Waals surface area contributed by atoms with E-state index >= 15 is 0 Å². The Bertz CT molecular complexity index is 464. The molecule has 0 spiro atoms. The Morgan fingerprint density at radius 2 is 2.19 bits per heavy atom. The molecule has 0 aromatic carbocycles. The Hall–Kier alpha value is -1.46. The highest BCUT2D eigenvalue weighted by Crippen LogP contribution is 2.21. The molecule has 2 fully saturated rings. The fourth-order valence-electron chi connectivity index (χ4n) is 3.28. The number of hydrogen-bond donors (Lipinski definition) is 1. The quantitative estimate of drug-likeness (QED) is 0.903.